The first-order chi connectivity index (χ1) is 8.02. The Kier molecular flexibility index (Phi) is 4.89. The van der Waals surface area contributed by atoms with Crippen LogP contribution < -0.4 is 10.6 Å². The maximum Gasteiger partial charge on any atom is 0.326 e. The van der Waals surface area contributed by atoms with Gasteiger partial charge < -0.3 is 15.7 Å². The molecule has 94 valence electrons. The standard InChI is InChI=1S/C10H15N3O3S/c1-3-8(9(14)15)13-10(16)12-5-7-4-11-6(2)17-7/h4,8H,3,5H2,1-2H3,(H,14,15)(H2,12,13,16)/t8-/m0/s1. The fourth-order valence-corrected chi connectivity index (χ4v) is 1.94. The fraction of sp³-hybridized carbons (Fsp3) is 0.500. The molecule has 1 aromatic heterocycles. The number of nitrogens with zero attached hydrogens (tertiary/aromatic N) is 1. The number of nitrogens with one attached hydrogen (secondary N) is 2. The minimum absolute atomic E-state index is 0.350. The Morgan fingerprint density at radius 2 is 2.29 bits per heavy atom. The van der Waals surface area contributed by atoms with Crippen molar-refractivity contribution in [2.75, 3.05) is 0 Å². The number of carboxylic acid groups (broad SMARTS) is 1. The Labute approximate surface area is 103 Å². The molecule has 17 heavy (non-hydrogen) atoms. The molecule has 0 aliphatic heterocycles. The monoisotopic (exact) mass is 257 g/mol. The van der Waals surface area contributed by atoms with Crippen LogP contribution in [0.4, 0.5) is 4.79 Å². The lowest BCUT2D eigenvalue weighted by Crippen LogP contribution is -2.45. The number of carboxylic acids is 1. The lowest BCUT2D eigenvalue weighted by atomic mass is 10.2. The van der Waals surface area contributed by atoms with Gasteiger partial charge in [-0.25, -0.2) is 14.6 Å². The van der Waals surface area contributed by atoms with E-state index in [1.54, 1.807) is 13.1 Å². The van der Waals surface area contributed by atoms with E-state index in [0.717, 1.165) is 9.88 Å². The Bertz CT molecular complexity index is 405. The number of urea groups is 1. The predicted octanol–water partition coefficient (Wildman–Crippen LogP) is 1.11. The highest BCUT2D eigenvalue weighted by atomic mass is 32.1. The molecule has 0 saturated heterocycles. The highest BCUT2D eigenvalue weighted by Crippen LogP contribution is 2.10. The molecule has 0 spiro atoms. The summed E-state index contributed by atoms with van der Waals surface area (Å²) < 4.78 is 0. The van der Waals surface area contributed by atoms with Gasteiger partial charge in [0.1, 0.15) is 6.04 Å². The molecule has 0 bridgehead atoms. The summed E-state index contributed by atoms with van der Waals surface area (Å²) in [4.78, 5) is 27.1. The number of rotatable bonds is 5. The predicted molar refractivity (Wildman–Crippen MR) is 63.9 cm³/mol. The molecule has 0 radical (unpaired) electrons. The zero-order valence-corrected chi connectivity index (χ0v) is 10.5. The van der Waals surface area contributed by atoms with Gasteiger partial charge in [0.05, 0.1) is 11.6 Å². The largest absolute Gasteiger partial charge is 0.480 e. The third kappa shape index (κ3) is 4.39. The molecule has 1 rings (SSSR count). The second-order valence-electron chi connectivity index (χ2n) is 3.47. The quantitative estimate of drug-likeness (QED) is 0.737. The first-order valence-corrected chi connectivity index (χ1v) is 6.03. The average Bonchev–Trinajstić information content (AvgIpc) is 2.68. The second-order valence-corrected chi connectivity index (χ2v) is 4.79. The summed E-state index contributed by atoms with van der Waals surface area (Å²) in [5, 5.41) is 14.7. The van der Waals surface area contributed by atoms with Crippen molar-refractivity contribution in [3.63, 3.8) is 0 Å². The van der Waals surface area contributed by atoms with Crippen LogP contribution in [0.15, 0.2) is 6.20 Å². The summed E-state index contributed by atoms with van der Waals surface area (Å²) in [7, 11) is 0. The van der Waals surface area contributed by atoms with Crippen molar-refractivity contribution < 1.29 is 14.7 Å². The van der Waals surface area contributed by atoms with E-state index in [0.29, 0.717) is 13.0 Å². The summed E-state index contributed by atoms with van der Waals surface area (Å²) in [6, 6.07) is -1.33. The van der Waals surface area contributed by atoms with Crippen molar-refractivity contribution in [1.82, 2.24) is 15.6 Å². The van der Waals surface area contributed by atoms with Gasteiger partial charge in [0.25, 0.3) is 0 Å². The topological polar surface area (TPSA) is 91.3 Å². The molecule has 6 nitrogen and oxygen atoms in total. The van der Waals surface area contributed by atoms with Crippen LogP contribution in [0.25, 0.3) is 0 Å². The lowest BCUT2D eigenvalue weighted by Gasteiger charge is -2.12. The van der Waals surface area contributed by atoms with Crippen LogP contribution >= 0.6 is 11.3 Å². The van der Waals surface area contributed by atoms with Crippen molar-refractivity contribution in [2.45, 2.75) is 32.9 Å². The first kappa shape index (κ1) is 13.4. The van der Waals surface area contributed by atoms with Crippen LogP contribution in [-0.4, -0.2) is 28.1 Å². The smallest absolute Gasteiger partial charge is 0.326 e. The van der Waals surface area contributed by atoms with Gasteiger partial charge in [0.15, 0.2) is 0 Å². The number of carbonyl (C=O) groups excluding carboxylic acids is 1. The highest BCUT2D eigenvalue weighted by molar-refractivity contribution is 7.11. The average molecular weight is 257 g/mol. The summed E-state index contributed by atoms with van der Waals surface area (Å²) in [6.45, 7) is 3.94. The maximum absolute atomic E-state index is 11.4. The number of hydrogen-bond acceptors (Lipinski definition) is 4. The summed E-state index contributed by atoms with van der Waals surface area (Å²) >= 11 is 1.49. The van der Waals surface area contributed by atoms with Crippen LogP contribution in [0, 0.1) is 6.92 Å². The van der Waals surface area contributed by atoms with E-state index in [9.17, 15) is 9.59 Å². The minimum Gasteiger partial charge on any atom is -0.480 e. The van der Waals surface area contributed by atoms with Crippen LogP contribution in [0.1, 0.15) is 23.2 Å². The van der Waals surface area contributed by atoms with Crippen LogP contribution in [0.5, 0.6) is 0 Å². The van der Waals surface area contributed by atoms with Crippen molar-refractivity contribution in [2.24, 2.45) is 0 Å². The van der Waals surface area contributed by atoms with Gasteiger partial charge in [-0.1, -0.05) is 6.92 Å². The van der Waals surface area contributed by atoms with E-state index in [2.05, 4.69) is 15.6 Å². The van der Waals surface area contributed by atoms with Crippen LogP contribution in [-0.2, 0) is 11.3 Å². The van der Waals surface area contributed by atoms with Gasteiger partial charge in [-0.3, -0.25) is 0 Å². The number of aromatic nitrogens is 1. The number of thiazole rings is 1. The molecule has 1 atom stereocenters. The number of aliphatic carboxylic acids is 1. The van der Waals surface area contributed by atoms with Crippen molar-refractivity contribution in [1.29, 1.82) is 0 Å². The van der Waals surface area contributed by atoms with Gasteiger partial charge in [-0.15, -0.1) is 11.3 Å². The normalized spacial score (nSPS) is 11.9. The van der Waals surface area contributed by atoms with E-state index in [1.165, 1.54) is 11.3 Å². The Hall–Kier alpha value is -1.63. The lowest BCUT2D eigenvalue weighted by molar-refractivity contribution is -0.139. The Balaban J connectivity index is 2.37. The van der Waals surface area contributed by atoms with Crippen molar-refractivity contribution >= 4 is 23.3 Å². The maximum atomic E-state index is 11.4. The molecule has 3 N–H and O–H groups in total. The second kappa shape index (κ2) is 6.19. The van der Waals surface area contributed by atoms with E-state index in [1.807, 2.05) is 6.92 Å². The molecule has 0 aromatic carbocycles. The van der Waals surface area contributed by atoms with E-state index >= 15 is 0 Å². The van der Waals surface area contributed by atoms with Gasteiger partial charge in [-0.05, 0) is 13.3 Å². The number of carbonyl (C=O) groups is 2. The fourth-order valence-electron chi connectivity index (χ4n) is 1.20. The molecule has 7 heteroatoms. The third-order valence-corrected chi connectivity index (χ3v) is 3.02. The zero-order chi connectivity index (χ0) is 12.8. The SMILES string of the molecule is CC[C@H](NC(=O)NCc1cnc(C)s1)C(=O)O. The molecular weight excluding hydrogens is 242 g/mol. The van der Waals surface area contributed by atoms with Crippen molar-refractivity contribution in [3.05, 3.63) is 16.1 Å². The highest BCUT2D eigenvalue weighted by Gasteiger charge is 2.17. The minimum atomic E-state index is -1.03. The number of aryl methyl sites for hydroxylation is 1. The van der Waals surface area contributed by atoms with Crippen LogP contribution in [0.3, 0.4) is 0 Å². The van der Waals surface area contributed by atoms with Crippen molar-refractivity contribution in [3.8, 4) is 0 Å². The summed E-state index contributed by atoms with van der Waals surface area (Å²) in [5.74, 6) is -1.03. The molecule has 0 saturated carbocycles. The Morgan fingerprint density at radius 3 is 2.76 bits per heavy atom. The Morgan fingerprint density at radius 1 is 1.59 bits per heavy atom. The van der Waals surface area contributed by atoms with Gasteiger partial charge in [-0.2, -0.15) is 0 Å². The molecule has 0 aliphatic carbocycles. The van der Waals surface area contributed by atoms with E-state index in [4.69, 9.17) is 5.11 Å². The molecule has 0 unspecified atom stereocenters. The zero-order valence-electron chi connectivity index (χ0n) is 9.69. The molecule has 1 heterocycles. The molecule has 1 aromatic rings. The van der Waals surface area contributed by atoms with E-state index in [-0.39, 0.29) is 0 Å². The third-order valence-electron chi connectivity index (χ3n) is 2.10. The molecular formula is C10H15N3O3S. The molecule has 2 amide bonds. The van der Waals surface area contributed by atoms with Crippen LogP contribution in [0.2, 0.25) is 0 Å². The number of hydrogen-bond donors (Lipinski definition) is 3. The summed E-state index contributed by atoms with van der Waals surface area (Å²) in [6.07, 6.45) is 2.04. The number of amides is 2. The molecule has 0 aliphatic rings. The van der Waals surface area contributed by atoms with Gasteiger partial charge in [0, 0.05) is 11.1 Å². The van der Waals surface area contributed by atoms with Gasteiger partial charge >= 0.3 is 12.0 Å². The summed E-state index contributed by atoms with van der Waals surface area (Å²) in [5.41, 5.74) is 0. The van der Waals surface area contributed by atoms with E-state index < -0.39 is 18.0 Å². The van der Waals surface area contributed by atoms with Gasteiger partial charge in [0.2, 0.25) is 0 Å². The first-order valence-electron chi connectivity index (χ1n) is 5.21. The molecule has 0 fully saturated rings.